The highest BCUT2D eigenvalue weighted by Crippen LogP contribution is 2.22. The lowest BCUT2D eigenvalue weighted by Crippen LogP contribution is -2.48. The molecule has 6 nitrogen and oxygen atoms in total. The fraction of sp³-hybridized carbons (Fsp3) is 0.350. The van der Waals surface area contributed by atoms with Gasteiger partial charge in [0.15, 0.2) is 0 Å². The van der Waals surface area contributed by atoms with E-state index in [2.05, 4.69) is 5.32 Å². The number of anilines is 1. The van der Waals surface area contributed by atoms with Crippen LogP contribution in [0.3, 0.4) is 0 Å². The van der Waals surface area contributed by atoms with Crippen LogP contribution in [0.25, 0.3) is 0 Å². The van der Waals surface area contributed by atoms with Crippen molar-refractivity contribution in [1.29, 1.82) is 0 Å². The zero-order valence-corrected chi connectivity index (χ0v) is 16.8. The second-order valence-electron chi connectivity index (χ2n) is 7.02. The van der Waals surface area contributed by atoms with Crippen LogP contribution in [0.2, 0.25) is 0 Å². The van der Waals surface area contributed by atoms with Crippen LogP contribution in [-0.4, -0.2) is 43.9 Å². The molecule has 2 atom stereocenters. The predicted octanol–water partition coefficient (Wildman–Crippen LogP) is 3.18. The minimum absolute atomic E-state index is 0.118. The maximum atomic E-state index is 13.4. The molecule has 1 saturated heterocycles. The molecule has 0 unspecified atom stereocenters. The number of sulfonamides is 1. The monoisotopic (exact) mass is 406 g/mol. The molecule has 0 aliphatic carbocycles. The highest BCUT2D eigenvalue weighted by atomic mass is 32.2. The molecule has 1 fully saturated rings. The first kappa shape index (κ1) is 20.4. The van der Waals surface area contributed by atoms with Crippen LogP contribution in [0.15, 0.2) is 47.4 Å². The number of benzene rings is 2. The van der Waals surface area contributed by atoms with Crippen LogP contribution in [-0.2, 0) is 14.8 Å². The number of aryl methyl sites for hydroxylation is 1. The second-order valence-corrected chi connectivity index (χ2v) is 8.96. The molecule has 2 aromatic rings. The van der Waals surface area contributed by atoms with E-state index in [9.17, 15) is 17.6 Å². The van der Waals surface area contributed by atoms with Crippen LogP contribution in [0.5, 0.6) is 0 Å². The Hall–Kier alpha value is -2.29. The van der Waals surface area contributed by atoms with Gasteiger partial charge in [0.25, 0.3) is 5.91 Å². The lowest BCUT2D eigenvalue weighted by atomic mass is 10.1. The Bertz CT molecular complexity index is 966. The van der Waals surface area contributed by atoms with Crippen molar-refractivity contribution in [3.63, 3.8) is 0 Å². The van der Waals surface area contributed by atoms with Crippen LogP contribution in [0, 0.1) is 12.7 Å². The molecule has 0 aromatic heterocycles. The summed E-state index contributed by atoms with van der Waals surface area (Å²) in [5, 5.41) is 2.65. The molecular weight excluding hydrogens is 383 g/mol. The molecule has 1 amide bonds. The van der Waals surface area contributed by atoms with Crippen LogP contribution in [0.4, 0.5) is 10.1 Å². The standard InChI is InChI=1S/C20H23FN2O4S/c1-13-4-7-17(21)10-19(13)22-20(24)16-5-8-18(9-6-16)28(25,26)23-11-14(2)27-15(3)12-23/h4-10,14-15H,11-12H2,1-3H3,(H,22,24)/t14-,15+. The average molecular weight is 406 g/mol. The number of nitrogens with one attached hydrogen (secondary N) is 1. The molecule has 0 radical (unpaired) electrons. The minimum atomic E-state index is -3.67. The van der Waals surface area contributed by atoms with E-state index < -0.39 is 21.7 Å². The van der Waals surface area contributed by atoms with Gasteiger partial charge in [-0.1, -0.05) is 6.07 Å². The van der Waals surface area contributed by atoms with E-state index in [1.807, 2.05) is 13.8 Å². The van der Waals surface area contributed by atoms with Gasteiger partial charge in [0.05, 0.1) is 17.1 Å². The number of nitrogens with zero attached hydrogens (tertiary/aromatic N) is 1. The van der Waals surface area contributed by atoms with Gasteiger partial charge in [-0.3, -0.25) is 4.79 Å². The van der Waals surface area contributed by atoms with Crippen LogP contribution < -0.4 is 5.32 Å². The number of amides is 1. The first-order chi connectivity index (χ1) is 13.2. The molecule has 1 aliphatic rings. The summed E-state index contributed by atoms with van der Waals surface area (Å²) in [5.74, 6) is -0.887. The number of halogens is 1. The predicted molar refractivity (Wildman–Crippen MR) is 104 cm³/mol. The SMILES string of the molecule is Cc1ccc(F)cc1NC(=O)c1ccc(S(=O)(=O)N2C[C@@H](C)O[C@@H](C)C2)cc1. The van der Waals surface area contributed by atoms with Crippen LogP contribution in [0.1, 0.15) is 29.8 Å². The quantitative estimate of drug-likeness (QED) is 0.846. The molecule has 8 heteroatoms. The molecule has 0 saturated carbocycles. The van der Waals surface area contributed by atoms with E-state index in [1.165, 1.54) is 40.7 Å². The Kier molecular flexibility index (Phi) is 5.83. The number of carbonyl (C=O) groups is 1. The summed E-state index contributed by atoms with van der Waals surface area (Å²) in [6.45, 7) is 6.00. The molecule has 2 aromatic carbocycles. The number of morpholine rings is 1. The van der Waals surface area contributed by atoms with E-state index in [0.29, 0.717) is 5.69 Å². The highest BCUT2D eigenvalue weighted by molar-refractivity contribution is 7.89. The van der Waals surface area contributed by atoms with Gasteiger partial charge >= 0.3 is 0 Å². The van der Waals surface area contributed by atoms with Gasteiger partial charge < -0.3 is 10.1 Å². The van der Waals surface area contributed by atoms with Crippen molar-refractivity contribution in [1.82, 2.24) is 4.31 Å². The lowest BCUT2D eigenvalue weighted by Gasteiger charge is -2.34. The maximum Gasteiger partial charge on any atom is 0.255 e. The van der Waals surface area contributed by atoms with Crippen molar-refractivity contribution in [2.24, 2.45) is 0 Å². The smallest absolute Gasteiger partial charge is 0.255 e. The van der Waals surface area contributed by atoms with Crippen molar-refractivity contribution < 1.29 is 22.3 Å². The van der Waals surface area contributed by atoms with E-state index in [-0.39, 0.29) is 35.8 Å². The molecule has 1 aliphatic heterocycles. The number of ether oxygens (including phenoxy) is 1. The van der Waals surface area contributed by atoms with Gasteiger partial charge in [0.2, 0.25) is 10.0 Å². The summed E-state index contributed by atoms with van der Waals surface area (Å²) in [4.78, 5) is 12.5. The zero-order chi connectivity index (χ0) is 20.5. The van der Waals surface area contributed by atoms with E-state index in [1.54, 1.807) is 13.0 Å². The number of hydrogen-bond acceptors (Lipinski definition) is 4. The number of carbonyl (C=O) groups excluding carboxylic acids is 1. The van der Waals surface area contributed by atoms with Gasteiger partial charge in [0, 0.05) is 24.3 Å². The first-order valence-electron chi connectivity index (χ1n) is 9.00. The Balaban J connectivity index is 1.77. The molecule has 0 spiro atoms. The summed E-state index contributed by atoms with van der Waals surface area (Å²) >= 11 is 0. The van der Waals surface area contributed by atoms with Crippen molar-refractivity contribution in [2.75, 3.05) is 18.4 Å². The summed E-state index contributed by atoms with van der Waals surface area (Å²) < 4.78 is 46.1. The normalized spacial score (nSPS) is 20.7. The van der Waals surface area contributed by atoms with Gasteiger partial charge in [-0.05, 0) is 62.7 Å². The Morgan fingerprint density at radius 2 is 1.71 bits per heavy atom. The average Bonchev–Trinajstić information content (AvgIpc) is 2.64. The third kappa shape index (κ3) is 4.40. The highest BCUT2D eigenvalue weighted by Gasteiger charge is 2.32. The van der Waals surface area contributed by atoms with E-state index in [0.717, 1.165) is 5.56 Å². The summed E-state index contributed by atoms with van der Waals surface area (Å²) in [6.07, 6.45) is -0.365. The molecule has 28 heavy (non-hydrogen) atoms. The molecule has 3 rings (SSSR count). The summed E-state index contributed by atoms with van der Waals surface area (Å²) in [6, 6.07) is 9.85. The number of rotatable bonds is 4. The van der Waals surface area contributed by atoms with E-state index in [4.69, 9.17) is 4.74 Å². The van der Waals surface area contributed by atoms with Gasteiger partial charge in [-0.15, -0.1) is 0 Å². The van der Waals surface area contributed by atoms with Gasteiger partial charge in [-0.25, -0.2) is 12.8 Å². The second kappa shape index (κ2) is 7.98. The van der Waals surface area contributed by atoms with Crippen molar-refractivity contribution in [2.45, 2.75) is 37.9 Å². The van der Waals surface area contributed by atoms with Crippen molar-refractivity contribution in [3.8, 4) is 0 Å². The molecule has 0 bridgehead atoms. The fourth-order valence-electron chi connectivity index (χ4n) is 3.18. The van der Waals surface area contributed by atoms with E-state index >= 15 is 0 Å². The van der Waals surface area contributed by atoms with Gasteiger partial charge in [-0.2, -0.15) is 4.31 Å². The largest absolute Gasteiger partial charge is 0.373 e. The topological polar surface area (TPSA) is 75.7 Å². The van der Waals surface area contributed by atoms with Crippen molar-refractivity contribution >= 4 is 21.6 Å². The Morgan fingerprint density at radius 3 is 2.32 bits per heavy atom. The minimum Gasteiger partial charge on any atom is -0.373 e. The third-order valence-electron chi connectivity index (χ3n) is 4.59. The first-order valence-corrected chi connectivity index (χ1v) is 10.4. The van der Waals surface area contributed by atoms with Crippen LogP contribution >= 0.6 is 0 Å². The Labute approximate surface area is 164 Å². The maximum absolute atomic E-state index is 13.4. The fourth-order valence-corrected chi connectivity index (χ4v) is 4.77. The summed E-state index contributed by atoms with van der Waals surface area (Å²) in [7, 11) is -3.67. The third-order valence-corrected chi connectivity index (χ3v) is 6.43. The number of hydrogen-bond donors (Lipinski definition) is 1. The summed E-state index contributed by atoms with van der Waals surface area (Å²) in [5.41, 5.74) is 1.38. The van der Waals surface area contributed by atoms with Gasteiger partial charge in [0.1, 0.15) is 5.82 Å². The molecular formula is C20H23FN2O4S. The molecule has 1 heterocycles. The molecule has 1 N–H and O–H groups in total. The molecule has 150 valence electrons. The Morgan fingerprint density at radius 1 is 1.11 bits per heavy atom. The lowest BCUT2D eigenvalue weighted by molar-refractivity contribution is -0.0440. The van der Waals surface area contributed by atoms with Crippen molar-refractivity contribution in [3.05, 3.63) is 59.4 Å². The zero-order valence-electron chi connectivity index (χ0n) is 16.0.